The molecular weight excluding hydrogens is 348 g/mol. The summed E-state index contributed by atoms with van der Waals surface area (Å²) in [6.45, 7) is 3.81. The Morgan fingerprint density at radius 1 is 1.04 bits per heavy atom. The zero-order valence-electron chi connectivity index (χ0n) is 15.1. The largest absolute Gasteiger partial charge is 0.481 e. The van der Waals surface area contributed by atoms with Crippen LogP contribution in [0.25, 0.3) is 0 Å². The van der Waals surface area contributed by atoms with E-state index in [1.54, 1.807) is 31.2 Å². The first kappa shape index (κ1) is 18.6. The average molecular weight is 373 g/mol. The molecule has 0 aromatic heterocycles. The maximum atomic E-state index is 12.6. The van der Waals surface area contributed by atoms with Crippen molar-refractivity contribution >= 4 is 28.9 Å². The molecule has 0 bridgehead atoms. The van der Waals surface area contributed by atoms with Crippen LogP contribution in [0.15, 0.2) is 48.5 Å². The highest BCUT2D eigenvalue weighted by Gasteiger charge is 2.19. The highest BCUT2D eigenvalue weighted by atomic mass is 35.5. The van der Waals surface area contributed by atoms with Crippen molar-refractivity contribution < 1.29 is 9.53 Å². The number of rotatable bonds is 5. The van der Waals surface area contributed by atoms with Crippen LogP contribution in [0.3, 0.4) is 0 Å². The molecular formula is C21H25ClN2O2. The topological polar surface area (TPSA) is 41.6 Å². The number of nitrogens with one attached hydrogen (secondary N) is 1. The molecule has 0 spiro atoms. The van der Waals surface area contributed by atoms with E-state index < -0.39 is 6.10 Å². The van der Waals surface area contributed by atoms with E-state index in [-0.39, 0.29) is 5.91 Å². The van der Waals surface area contributed by atoms with Gasteiger partial charge in [0, 0.05) is 18.1 Å². The van der Waals surface area contributed by atoms with Crippen LogP contribution < -0.4 is 15.0 Å². The number of hydrogen-bond acceptors (Lipinski definition) is 3. The highest BCUT2D eigenvalue weighted by Crippen LogP contribution is 2.28. The first-order chi connectivity index (χ1) is 12.6. The van der Waals surface area contributed by atoms with Crippen LogP contribution in [0.5, 0.6) is 5.75 Å². The van der Waals surface area contributed by atoms with Crippen molar-refractivity contribution in [1.29, 1.82) is 0 Å². The van der Waals surface area contributed by atoms with Crippen molar-refractivity contribution in [1.82, 2.24) is 0 Å². The van der Waals surface area contributed by atoms with Crippen LogP contribution in [0.1, 0.15) is 32.6 Å². The predicted octanol–water partition coefficient (Wildman–Crippen LogP) is 5.13. The molecule has 4 nitrogen and oxygen atoms in total. The summed E-state index contributed by atoms with van der Waals surface area (Å²) in [4.78, 5) is 15.0. The minimum absolute atomic E-state index is 0.165. The van der Waals surface area contributed by atoms with Gasteiger partial charge in [0.1, 0.15) is 5.75 Å². The summed E-state index contributed by atoms with van der Waals surface area (Å²) in [5.74, 6) is 0.458. The molecule has 1 saturated heterocycles. The van der Waals surface area contributed by atoms with Gasteiger partial charge in [-0.3, -0.25) is 4.79 Å². The van der Waals surface area contributed by atoms with Gasteiger partial charge >= 0.3 is 0 Å². The van der Waals surface area contributed by atoms with Gasteiger partial charge in [0.05, 0.1) is 11.4 Å². The second kappa shape index (κ2) is 8.95. The lowest BCUT2D eigenvalue weighted by Gasteiger charge is -2.26. The van der Waals surface area contributed by atoms with Crippen molar-refractivity contribution in [2.45, 2.75) is 38.7 Å². The monoisotopic (exact) mass is 372 g/mol. The quantitative estimate of drug-likeness (QED) is 0.791. The van der Waals surface area contributed by atoms with Gasteiger partial charge < -0.3 is 15.0 Å². The van der Waals surface area contributed by atoms with Crippen molar-refractivity contribution in [3.05, 3.63) is 53.6 Å². The number of nitrogens with zero attached hydrogens (tertiary/aromatic N) is 1. The Morgan fingerprint density at radius 3 is 2.38 bits per heavy atom. The van der Waals surface area contributed by atoms with Gasteiger partial charge in [0.2, 0.25) is 0 Å². The molecule has 1 N–H and O–H groups in total. The van der Waals surface area contributed by atoms with Crippen LogP contribution in [0, 0.1) is 0 Å². The highest BCUT2D eigenvalue weighted by molar-refractivity contribution is 6.30. The number of amides is 1. The van der Waals surface area contributed by atoms with Crippen molar-refractivity contribution in [3.8, 4) is 5.75 Å². The van der Waals surface area contributed by atoms with E-state index in [1.165, 1.54) is 25.7 Å². The zero-order chi connectivity index (χ0) is 18.4. The van der Waals surface area contributed by atoms with Crippen molar-refractivity contribution in [2.24, 2.45) is 0 Å². The summed E-state index contributed by atoms with van der Waals surface area (Å²) in [7, 11) is 0. The summed E-state index contributed by atoms with van der Waals surface area (Å²) < 4.78 is 5.72. The minimum atomic E-state index is -0.603. The molecule has 26 heavy (non-hydrogen) atoms. The molecule has 0 aliphatic carbocycles. The maximum Gasteiger partial charge on any atom is 0.265 e. The van der Waals surface area contributed by atoms with E-state index in [2.05, 4.69) is 16.3 Å². The van der Waals surface area contributed by atoms with E-state index in [1.807, 2.05) is 18.2 Å². The fraction of sp³-hybridized carbons (Fsp3) is 0.381. The lowest BCUT2D eigenvalue weighted by atomic mass is 10.2. The summed E-state index contributed by atoms with van der Waals surface area (Å²) in [5.41, 5.74) is 1.92. The summed E-state index contributed by atoms with van der Waals surface area (Å²) in [6, 6.07) is 15.0. The van der Waals surface area contributed by atoms with Gasteiger partial charge in [-0.05, 0) is 56.2 Å². The van der Waals surface area contributed by atoms with Crippen molar-refractivity contribution in [2.75, 3.05) is 23.3 Å². The molecule has 0 saturated carbocycles. The smallest absolute Gasteiger partial charge is 0.265 e. The van der Waals surface area contributed by atoms with Crippen LogP contribution >= 0.6 is 11.6 Å². The molecule has 0 radical (unpaired) electrons. The molecule has 1 unspecified atom stereocenters. The van der Waals surface area contributed by atoms with E-state index in [9.17, 15) is 4.79 Å². The Kier molecular flexibility index (Phi) is 6.40. The third kappa shape index (κ3) is 4.92. The molecule has 1 amide bonds. The Bertz CT molecular complexity index is 725. The first-order valence-corrected chi connectivity index (χ1v) is 9.58. The standard InChI is InChI=1S/C21H25ClN2O2/c1-16(26-18-12-10-17(22)11-13-18)21(25)23-19-8-4-5-9-20(19)24-14-6-2-3-7-15-24/h4-5,8-13,16H,2-3,6-7,14-15H2,1H3,(H,23,25). The lowest BCUT2D eigenvalue weighted by molar-refractivity contribution is -0.122. The number of benzene rings is 2. The lowest BCUT2D eigenvalue weighted by Crippen LogP contribution is -2.31. The van der Waals surface area contributed by atoms with Crippen molar-refractivity contribution in [3.63, 3.8) is 0 Å². The van der Waals surface area contributed by atoms with E-state index in [0.29, 0.717) is 10.8 Å². The van der Waals surface area contributed by atoms with E-state index >= 15 is 0 Å². The third-order valence-corrected chi connectivity index (χ3v) is 4.86. The van der Waals surface area contributed by atoms with Crippen LogP contribution in [-0.4, -0.2) is 25.1 Å². The molecule has 1 fully saturated rings. The summed E-state index contributed by atoms with van der Waals surface area (Å²) >= 11 is 5.88. The normalized spacial score (nSPS) is 15.8. The molecule has 2 aromatic carbocycles. The first-order valence-electron chi connectivity index (χ1n) is 9.20. The van der Waals surface area contributed by atoms with E-state index in [0.717, 1.165) is 24.5 Å². The van der Waals surface area contributed by atoms with Crippen LogP contribution in [-0.2, 0) is 4.79 Å². The van der Waals surface area contributed by atoms with Gasteiger partial charge in [-0.2, -0.15) is 0 Å². The van der Waals surface area contributed by atoms with Gasteiger partial charge in [-0.15, -0.1) is 0 Å². The molecule has 1 atom stereocenters. The average Bonchev–Trinajstić information content (AvgIpc) is 2.93. The molecule has 5 heteroatoms. The molecule has 1 aliphatic heterocycles. The molecule has 1 aliphatic rings. The minimum Gasteiger partial charge on any atom is -0.481 e. The SMILES string of the molecule is CC(Oc1ccc(Cl)cc1)C(=O)Nc1ccccc1N1CCCCCC1. The number of carbonyl (C=O) groups is 1. The fourth-order valence-electron chi connectivity index (χ4n) is 3.17. The summed E-state index contributed by atoms with van der Waals surface area (Å²) in [6.07, 6.45) is 4.33. The summed E-state index contributed by atoms with van der Waals surface area (Å²) in [5, 5.41) is 3.67. The third-order valence-electron chi connectivity index (χ3n) is 4.60. The Morgan fingerprint density at radius 2 is 1.69 bits per heavy atom. The molecule has 3 rings (SSSR count). The van der Waals surface area contributed by atoms with Crippen LogP contribution in [0.4, 0.5) is 11.4 Å². The Balaban J connectivity index is 1.67. The van der Waals surface area contributed by atoms with Gasteiger partial charge in [0.15, 0.2) is 6.10 Å². The number of para-hydroxylation sites is 2. The zero-order valence-corrected chi connectivity index (χ0v) is 15.8. The van der Waals surface area contributed by atoms with E-state index in [4.69, 9.17) is 16.3 Å². The maximum absolute atomic E-state index is 12.6. The second-order valence-electron chi connectivity index (χ2n) is 6.62. The number of halogens is 1. The number of hydrogen-bond donors (Lipinski definition) is 1. The molecule has 138 valence electrons. The van der Waals surface area contributed by atoms with Gasteiger partial charge in [-0.1, -0.05) is 36.6 Å². The number of carbonyl (C=O) groups excluding carboxylic acids is 1. The Labute approximate surface area is 160 Å². The Hall–Kier alpha value is -2.20. The molecule has 2 aromatic rings. The molecule has 1 heterocycles. The van der Waals surface area contributed by atoms with Crippen LogP contribution in [0.2, 0.25) is 5.02 Å². The fourth-order valence-corrected chi connectivity index (χ4v) is 3.30. The predicted molar refractivity (Wildman–Crippen MR) is 107 cm³/mol. The number of ether oxygens (including phenoxy) is 1. The van der Waals surface area contributed by atoms with Gasteiger partial charge in [-0.25, -0.2) is 0 Å². The number of anilines is 2. The second-order valence-corrected chi connectivity index (χ2v) is 7.06. The van der Waals surface area contributed by atoms with Gasteiger partial charge in [0.25, 0.3) is 5.91 Å².